The van der Waals surface area contributed by atoms with E-state index in [1.165, 1.54) is 29.2 Å². The van der Waals surface area contributed by atoms with Gasteiger partial charge < -0.3 is 9.47 Å². The molecule has 0 aliphatic heterocycles. The summed E-state index contributed by atoms with van der Waals surface area (Å²) in [6.45, 7) is 7.00. The molecule has 0 saturated carbocycles. The van der Waals surface area contributed by atoms with Crippen molar-refractivity contribution in [2.75, 3.05) is 11.9 Å². The van der Waals surface area contributed by atoms with Gasteiger partial charge in [-0.1, -0.05) is 28.1 Å². The van der Waals surface area contributed by atoms with Crippen molar-refractivity contribution in [3.05, 3.63) is 35.9 Å². The number of halogens is 1. The Balaban J connectivity index is 2.09. The van der Waals surface area contributed by atoms with Crippen molar-refractivity contribution < 1.29 is 9.47 Å². The molecule has 0 saturated heterocycles. The van der Waals surface area contributed by atoms with Crippen LogP contribution in [0, 0.1) is 6.92 Å². The molecule has 0 bridgehead atoms. The van der Waals surface area contributed by atoms with Crippen LogP contribution in [0.1, 0.15) is 38.7 Å². The summed E-state index contributed by atoms with van der Waals surface area (Å²) in [5, 5.41) is 3.50. The van der Waals surface area contributed by atoms with Gasteiger partial charge in [0.25, 0.3) is 0 Å². The molecule has 2 aromatic rings. The summed E-state index contributed by atoms with van der Waals surface area (Å²) in [7, 11) is 0. The van der Waals surface area contributed by atoms with E-state index in [2.05, 4.69) is 47.1 Å². The summed E-state index contributed by atoms with van der Waals surface area (Å²) in [6.07, 6.45) is 3.71. The van der Waals surface area contributed by atoms with Crippen LogP contribution in [-0.2, 0) is 0 Å². The van der Waals surface area contributed by atoms with E-state index in [4.69, 9.17) is 9.47 Å². The lowest BCUT2D eigenvalue weighted by Crippen LogP contribution is -2.05. The van der Waals surface area contributed by atoms with E-state index < -0.39 is 0 Å². The maximum atomic E-state index is 5.94. The first kappa shape index (κ1) is 17.1. The molecule has 0 aromatic heterocycles. The lowest BCUT2D eigenvalue weighted by Gasteiger charge is -2.14. The van der Waals surface area contributed by atoms with E-state index in [9.17, 15) is 0 Å². The number of alkyl halides is 1. The standard InChI is InChI=1S/C19H25BrO2/c1-14(2)22-17-8-9-18-15(3)19(10-7-16(18)13-17)21-12-6-4-5-11-20/h7-10,13-14H,4-6,11-12H2,1-3H3. The van der Waals surface area contributed by atoms with Crippen molar-refractivity contribution in [3.8, 4) is 11.5 Å². The summed E-state index contributed by atoms with van der Waals surface area (Å²) >= 11 is 3.45. The van der Waals surface area contributed by atoms with E-state index in [0.29, 0.717) is 0 Å². The molecule has 0 radical (unpaired) electrons. The lowest BCUT2D eigenvalue weighted by molar-refractivity contribution is 0.243. The van der Waals surface area contributed by atoms with Crippen LogP contribution in [-0.4, -0.2) is 18.0 Å². The van der Waals surface area contributed by atoms with Crippen LogP contribution in [0.25, 0.3) is 10.8 Å². The number of hydrogen-bond donors (Lipinski definition) is 0. The smallest absolute Gasteiger partial charge is 0.122 e. The zero-order valence-corrected chi connectivity index (χ0v) is 15.3. The van der Waals surface area contributed by atoms with Crippen molar-refractivity contribution in [2.45, 2.75) is 46.1 Å². The Morgan fingerprint density at radius 1 is 1.05 bits per heavy atom. The Bertz CT molecular complexity index is 608. The summed E-state index contributed by atoms with van der Waals surface area (Å²) in [5.41, 5.74) is 1.20. The molecule has 120 valence electrons. The van der Waals surface area contributed by atoms with Gasteiger partial charge in [-0.05, 0) is 74.6 Å². The number of benzene rings is 2. The van der Waals surface area contributed by atoms with Gasteiger partial charge in [-0.3, -0.25) is 0 Å². The third-order valence-corrected chi connectivity index (χ3v) is 4.18. The van der Waals surface area contributed by atoms with Crippen LogP contribution in [0.4, 0.5) is 0 Å². The van der Waals surface area contributed by atoms with Crippen LogP contribution in [0.5, 0.6) is 11.5 Å². The molecule has 0 aliphatic carbocycles. The van der Waals surface area contributed by atoms with E-state index in [1.54, 1.807) is 0 Å². The highest BCUT2D eigenvalue weighted by Crippen LogP contribution is 2.30. The average molecular weight is 365 g/mol. The maximum Gasteiger partial charge on any atom is 0.122 e. The number of aryl methyl sites for hydroxylation is 1. The highest BCUT2D eigenvalue weighted by molar-refractivity contribution is 9.09. The lowest BCUT2D eigenvalue weighted by atomic mass is 10.0. The molecule has 0 aliphatic rings. The Morgan fingerprint density at radius 3 is 2.59 bits per heavy atom. The SMILES string of the molecule is Cc1c(OCCCCCBr)ccc2cc(OC(C)C)ccc12. The van der Waals surface area contributed by atoms with Crippen LogP contribution in [0.15, 0.2) is 30.3 Å². The second-order valence-corrected chi connectivity index (χ2v) is 6.63. The molecule has 0 spiro atoms. The van der Waals surface area contributed by atoms with Gasteiger partial charge in [0.1, 0.15) is 11.5 Å². The summed E-state index contributed by atoms with van der Waals surface area (Å²) in [6, 6.07) is 10.4. The number of ether oxygens (including phenoxy) is 2. The second kappa shape index (κ2) is 8.42. The predicted molar refractivity (Wildman–Crippen MR) is 97.6 cm³/mol. The van der Waals surface area contributed by atoms with Crippen LogP contribution < -0.4 is 9.47 Å². The topological polar surface area (TPSA) is 18.5 Å². The fourth-order valence-electron chi connectivity index (χ4n) is 2.50. The van der Waals surface area contributed by atoms with Gasteiger partial charge in [0.15, 0.2) is 0 Å². The summed E-state index contributed by atoms with van der Waals surface area (Å²) in [5.74, 6) is 1.91. The largest absolute Gasteiger partial charge is 0.493 e. The van der Waals surface area contributed by atoms with Crippen molar-refractivity contribution in [3.63, 3.8) is 0 Å². The van der Waals surface area contributed by atoms with Gasteiger partial charge in [0, 0.05) is 5.33 Å². The molecule has 0 amide bonds. The van der Waals surface area contributed by atoms with Gasteiger partial charge in [-0.15, -0.1) is 0 Å². The van der Waals surface area contributed by atoms with Gasteiger partial charge in [0.2, 0.25) is 0 Å². The predicted octanol–water partition coefficient (Wildman–Crippen LogP) is 5.88. The third-order valence-electron chi connectivity index (χ3n) is 3.62. The zero-order valence-electron chi connectivity index (χ0n) is 13.7. The number of hydrogen-bond acceptors (Lipinski definition) is 2. The highest BCUT2D eigenvalue weighted by Gasteiger charge is 2.06. The number of fused-ring (bicyclic) bond motifs is 1. The fourth-order valence-corrected chi connectivity index (χ4v) is 2.90. The first-order chi connectivity index (χ1) is 10.6. The van der Waals surface area contributed by atoms with Crippen molar-refractivity contribution >= 4 is 26.7 Å². The Morgan fingerprint density at radius 2 is 1.86 bits per heavy atom. The molecule has 2 nitrogen and oxygen atoms in total. The van der Waals surface area contributed by atoms with Crippen LogP contribution >= 0.6 is 15.9 Å². The van der Waals surface area contributed by atoms with Crippen molar-refractivity contribution in [1.82, 2.24) is 0 Å². The second-order valence-electron chi connectivity index (χ2n) is 5.84. The van der Waals surface area contributed by atoms with Crippen LogP contribution in [0.3, 0.4) is 0 Å². The minimum absolute atomic E-state index is 0.195. The van der Waals surface area contributed by atoms with Gasteiger partial charge >= 0.3 is 0 Å². The van der Waals surface area contributed by atoms with E-state index in [0.717, 1.165) is 29.9 Å². The Kier molecular flexibility index (Phi) is 6.56. The molecule has 0 unspecified atom stereocenters. The fraction of sp³-hybridized carbons (Fsp3) is 0.474. The van der Waals surface area contributed by atoms with Gasteiger partial charge in [0.05, 0.1) is 12.7 Å². The highest BCUT2D eigenvalue weighted by atomic mass is 79.9. The van der Waals surface area contributed by atoms with E-state index >= 15 is 0 Å². The molecular weight excluding hydrogens is 340 g/mol. The molecule has 0 fully saturated rings. The average Bonchev–Trinajstić information content (AvgIpc) is 2.48. The summed E-state index contributed by atoms with van der Waals surface area (Å²) < 4.78 is 11.7. The van der Waals surface area contributed by atoms with Crippen molar-refractivity contribution in [1.29, 1.82) is 0 Å². The van der Waals surface area contributed by atoms with Gasteiger partial charge in [-0.2, -0.15) is 0 Å². The number of rotatable bonds is 8. The van der Waals surface area contributed by atoms with E-state index in [1.807, 2.05) is 19.9 Å². The zero-order chi connectivity index (χ0) is 15.9. The molecule has 2 aromatic carbocycles. The molecule has 0 heterocycles. The van der Waals surface area contributed by atoms with Crippen LogP contribution in [0.2, 0.25) is 0 Å². The van der Waals surface area contributed by atoms with Crippen molar-refractivity contribution in [2.24, 2.45) is 0 Å². The molecule has 22 heavy (non-hydrogen) atoms. The third kappa shape index (κ3) is 4.64. The molecule has 0 atom stereocenters. The Hall–Kier alpha value is -1.22. The molecule has 3 heteroatoms. The normalized spacial score (nSPS) is 11.1. The number of unbranched alkanes of at least 4 members (excludes halogenated alkanes) is 2. The maximum absolute atomic E-state index is 5.94. The monoisotopic (exact) mass is 364 g/mol. The first-order valence-electron chi connectivity index (χ1n) is 8.00. The summed E-state index contributed by atoms with van der Waals surface area (Å²) in [4.78, 5) is 0. The minimum atomic E-state index is 0.195. The minimum Gasteiger partial charge on any atom is -0.493 e. The quantitative estimate of drug-likeness (QED) is 0.430. The van der Waals surface area contributed by atoms with Gasteiger partial charge in [-0.25, -0.2) is 0 Å². The molecular formula is C19H25BrO2. The van der Waals surface area contributed by atoms with E-state index in [-0.39, 0.29) is 6.10 Å². The Labute approximate surface area is 141 Å². The molecule has 0 N–H and O–H groups in total. The molecule has 2 rings (SSSR count). The first-order valence-corrected chi connectivity index (χ1v) is 9.12.